The first kappa shape index (κ1) is 22.4. The lowest BCUT2D eigenvalue weighted by molar-refractivity contribution is -0.140. The molecular formula is C19H37IO2. The summed E-state index contributed by atoms with van der Waals surface area (Å²) in [4.78, 5) is 0. The maximum absolute atomic E-state index is 5.56. The first-order chi connectivity index (χ1) is 10.8. The number of halogens is 1. The first-order valence-corrected chi connectivity index (χ1v) is 10.8. The van der Waals surface area contributed by atoms with E-state index in [4.69, 9.17) is 9.47 Å². The van der Waals surface area contributed by atoms with Crippen molar-refractivity contribution in [2.75, 3.05) is 17.6 Å². The predicted molar refractivity (Wildman–Crippen MR) is 106 cm³/mol. The van der Waals surface area contributed by atoms with Crippen molar-refractivity contribution in [2.45, 2.75) is 90.8 Å². The zero-order valence-electron chi connectivity index (χ0n) is 14.8. The number of allylic oxidation sites excluding steroid dienone is 2. The van der Waals surface area contributed by atoms with E-state index in [1.54, 1.807) is 0 Å². The summed E-state index contributed by atoms with van der Waals surface area (Å²) < 4.78 is 12.4. The van der Waals surface area contributed by atoms with Crippen molar-refractivity contribution in [2.24, 2.45) is 0 Å². The lowest BCUT2D eigenvalue weighted by Crippen LogP contribution is -2.17. The van der Waals surface area contributed by atoms with E-state index in [9.17, 15) is 0 Å². The van der Waals surface area contributed by atoms with E-state index in [0.717, 1.165) is 19.6 Å². The molecule has 0 unspecified atom stereocenters. The summed E-state index contributed by atoms with van der Waals surface area (Å²) in [5, 5.41) is 0. The van der Waals surface area contributed by atoms with Crippen LogP contribution < -0.4 is 0 Å². The second-order valence-electron chi connectivity index (χ2n) is 5.70. The highest BCUT2D eigenvalue weighted by atomic mass is 127. The van der Waals surface area contributed by atoms with Gasteiger partial charge in [-0.2, -0.15) is 0 Å². The molecule has 3 heteroatoms. The summed E-state index contributed by atoms with van der Waals surface area (Å²) in [6, 6.07) is 0. The normalized spacial score (nSPS) is 11.8. The minimum absolute atomic E-state index is 0.0234. The summed E-state index contributed by atoms with van der Waals surface area (Å²) in [5.74, 6) is 0. The second kappa shape index (κ2) is 19.4. The zero-order valence-corrected chi connectivity index (χ0v) is 17.0. The highest BCUT2D eigenvalue weighted by Crippen LogP contribution is 2.13. The molecule has 0 saturated heterocycles. The summed E-state index contributed by atoms with van der Waals surface area (Å²) in [7, 11) is 0. The van der Waals surface area contributed by atoms with E-state index in [0.29, 0.717) is 0 Å². The molecule has 2 nitrogen and oxygen atoms in total. The Labute approximate surface area is 152 Å². The van der Waals surface area contributed by atoms with Gasteiger partial charge in [-0.05, 0) is 46.0 Å². The molecule has 0 radical (unpaired) electrons. The number of hydrogen-bond acceptors (Lipinski definition) is 2. The SMILES string of the molecule is CCOC(CCCCCCCCCC/C=C\CCI)OCC. The maximum atomic E-state index is 5.56. The topological polar surface area (TPSA) is 18.5 Å². The fourth-order valence-electron chi connectivity index (χ4n) is 2.52. The summed E-state index contributed by atoms with van der Waals surface area (Å²) >= 11 is 2.43. The molecule has 0 aliphatic carbocycles. The average molecular weight is 424 g/mol. The Morgan fingerprint density at radius 3 is 1.77 bits per heavy atom. The molecule has 0 aromatic carbocycles. The van der Waals surface area contributed by atoms with Crippen LogP contribution >= 0.6 is 22.6 Å². The Kier molecular flexibility index (Phi) is 19.8. The molecule has 0 aromatic rings. The maximum Gasteiger partial charge on any atom is 0.157 e. The predicted octanol–water partition coefficient (Wildman–Crippen LogP) is 6.67. The quantitative estimate of drug-likeness (QED) is 0.0854. The molecule has 22 heavy (non-hydrogen) atoms. The third-order valence-corrected chi connectivity index (χ3v) is 4.33. The van der Waals surface area contributed by atoms with Crippen LogP contribution in [0, 0.1) is 0 Å². The fourth-order valence-corrected chi connectivity index (χ4v) is 2.88. The van der Waals surface area contributed by atoms with E-state index >= 15 is 0 Å². The number of alkyl halides is 1. The Bertz CT molecular complexity index is 225. The monoisotopic (exact) mass is 424 g/mol. The second-order valence-corrected chi connectivity index (χ2v) is 6.77. The van der Waals surface area contributed by atoms with Crippen LogP contribution in [0.3, 0.4) is 0 Å². The van der Waals surface area contributed by atoms with Crippen molar-refractivity contribution >= 4 is 22.6 Å². The standard InChI is InChI=1S/C19H37IO2/c1-3-21-19(22-4-2)17-15-13-11-9-7-5-6-8-10-12-14-16-18-20/h12,14,19H,3-11,13,15-18H2,1-2H3/b14-12-. The minimum Gasteiger partial charge on any atom is -0.353 e. The number of hydrogen-bond donors (Lipinski definition) is 0. The van der Waals surface area contributed by atoms with Crippen LogP contribution in [0.5, 0.6) is 0 Å². The van der Waals surface area contributed by atoms with Gasteiger partial charge in [0.25, 0.3) is 0 Å². The lowest BCUT2D eigenvalue weighted by atomic mass is 10.1. The molecule has 0 atom stereocenters. The molecule has 0 aliphatic rings. The van der Waals surface area contributed by atoms with Crippen molar-refractivity contribution in [1.29, 1.82) is 0 Å². The van der Waals surface area contributed by atoms with Crippen LogP contribution in [-0.4, -0.2) is 23.9 Å². The van der Waals surface area contributed by atoms with Crippen LogP contribution in [0.25, 0.3) is 0 Å². The van der Waals surface area contributed by atoms with E-state index in [-0.39, 0.29) is 6.29 Å². The van der Waals surface area contributed by atoms with Gasteiger partial charge in [-0.25, -0.2) is 0 Å². The highest BCUT2D eigenvalue weighted by Gasteiger charge is 2.06. The Morgan fingerprint density at radius 2 is 1.23 bits per heavy atom. The largest absolute Gasteiger partial charge is 0.353 e. The third kappa shape index (κ3) is 16.8. The van der Waals surface area contributed by atoms with Gasteiger partial charge in [0.15, 0.2) is 6.29 Å². The Morgan fingerprint density at radius 1 is 0.727 bits per heavy atom. The van der Waals surface area contributed by atoms with Crippen molar-refractivity contribution in [3.63, 3.8) is 0 Å². The average Bonchev–Trinajstić information content (AvgIpc) is 2.52. The molecular weight excluding hydrogens is 387 g/mol. The van der Waals surface area contributed by atoms with Gasteiger partial charge in [0.05, 0.1) is 0 Å². The lowest BCUT2D eigenvalue weighted by Gasteiger charge is -2.16. The van der Waals surface area contributed by atoms with Gasteiger partial charge in [-0.3, -0.25) is 0 Å². The smallest absolute Gasteiger partial charge is 0.157 e. The van der Waals surface area contributed by atoms with Crippen LogP contribution in [0.4, 0.5) is 0 Å². The minimum atomic E-state index is 0.0234. The molecule has 0 spiro atoms. The van der Waals surface area contributed by atoms with Crippen LogP contribution in [0.1, 0.15) is 84.5 Å². The fraction of sp³-hybridized carbons (Fsp3) is 0.895. The molecule has 0 heterocycles. The molecule has 0 N–H and O–H groups in total. The number of unbranched alkanes of at least 4 members (excludes halogenated alkanes) is 8. The van der Waals surface area contributed by atoms with Crippen molar-refractivity contribution in [1.82, 2.24) is 0 Å². The van der Waals surface area contributed by atoms with Crippen LogP contribution in [0.2, 0.25) is 0 Å². The van der Waals surface area contributed by atoms with Crippen molar-refractivity contribution in [3.05, 3.63) is 12.2 Å². The van der Waals surface area contributed by atoms with E-state index < -0.39 is 0 Å². The molecule has 0 rings (SSSR count). The summed E-state index contributed by atoms with van der Waals surface area (Å²) in [5.41, 5.74) is 0. The first-order valence-electron chi connectivity index (χ1n) is 9.29. The zero-order chi connectivity index (χ0) is 16.3. The van der Waals surface area contributed by atoms with Gasteiger partial charge in [0.1, 0.15) is 0 Å². The van der Waals surface area contributed by atoms with Gasteiger partial charge in [0.2, 0.25) is 0 Å². The number of ether oxygens (including phenoxy) is 2. The Hall–Kier alpha value is 0.390. The molecule has 0 amide bonds. The molecule has 132 valence electrons. The van der Waals surface area contributed by atoms with Gasteiger partial charge in [-0.15, -0.1) is 0 Å². The molecule has 0 fully saturated rings. The third-order valence-electron chi connectivity index (χ3n) is 3.71. The summed E-state index contributed by atoms with van der Waals surface area (Å²) in [6.45, 7) is 5.56. The van der Waals surface area contributed by atoms with Crippen molar-refractivity contribution in [3.8, 4) is 0 Å². The van der Waals surface area contributed by atoms with Gasteiger partial charge in [-0.1, -0.05) is 73.3 Å². The van der Waals surface area contributed by atoms with Gasteiger partial charge in [0, 0.05) is 17.6 Å². The van der Waals surface area contributed by atoms with E-state index in [1.807, 2.05) is 13.8 Å². The molecule has 0 aromatic heterocycles. The Balaban J connectivity index is 3.22. The van der Waals surface area contributed by atoms with Crippen LogP contribution in [0.15, 0.2) is 12.2 Å². The number of rotatable bonds is 17. The van der Waals surface area contributed by atoms with Gasteiger partial charge < -0.3 is 9.47 Å². The van der Waals surface area contributed by atoms with E-state index in [1.165, 1.54) is 68.6 Å². The molecule has 0 saturated carbocycles. The van der Waals surface area contributed by atoms with Crippen molar-refractivity contribution < 1.29 is 9.47 Å². The van der Waals surface area contributed by atoms with Crippen LogP contribution in [-0.2, 0) is 9.47 Å². The molecule has 0 bridgehead atoms. The summed E-state index contributed by atoms with van der Waals surface area (Å²) in [6.07, 6.45) is 19.1. The highest BCUT2D eigenvalue weighted by molar-refractivity contribution is 14.1. The van der Waals surface area contributed by atoms with Gasteiger partial charge >= 0.3 is 0 Å². The molecule has 0 aliphatic heterocycles. The van der Waals surface area contributed by atoms with E-state index in [2.05, 4.69) is 34.7 Å².